The fourth-order valence-electron chi connectivity index (χ4n) is 3.90. The fraction of sp³-hybridized carbons (Fsp3) is 0.250. The zero-order valence-corrected chi connectivity index (χ0v) is 16.1. The van der Waals surface area contributed by atoms with E-state index in [2.05, 4.69) is 10.6 Å². The first kappa shape index (κ1) is 20.2. The van der Waals surface area contributed by atoms with Crippen molar-refractivity contribution in [2.24, 2.45) is 0 Å². The van der Waals surface area contributed by atoms with Crippen molar-refractivity contribution in [1.29, 1.82) is 0 Å². The molecule has 10 heteroatoms. The first-order valence-electron chi connectivity index (χ1n) is 9.01. The Morgan fingerprint density at radius 1 is 1.20 bits per heavy atom. The molecule has 0 aromatic heterocycles. The summed E-state index contributed by atoms with van der Waals surface area (Å²) in [5.41, 5.74) is -0.822. The van der Waals surface area contributed by atoms with Crippen LogP contribution in [-0.4, -0.2) is 29.3 Å². The van der Waals surface area contributed by atoms with E-state index in [1.807, 2.05) is 12.1 Å². The van der Waals surface area contributed by atoms with Gasteiger partial charge in [-0.3, -0.25) is 14.5 Å². The number of hydrogen-bond acceptors (Lipinski definition) is 3. The summed E-state index contributed by atoms with van der Waals surface area (Å²) in [5, 5.41) is 4.46. The van der Waals surface area contributed by atoms with Crippen LogP contribution in [0.5, 0.6) is 0 Å². The van der Waals surface area contributed by atoms with Gasteiger partial charge in [0, 0.05) is 5.69 Å². The molecule has 2 aromatic rings. The second-order valence-electron chi connectivity index (χ2n) is 7.12. The minimum absolute atomic E-state index is 0.148. The maximum Gasteiger partial charge on any atom is 0.417 e. The van der Waals surface area contributed by atoms with Gasteiger partial charge in [0.25, 0.3) is 5.91 Å². The summed E-state index contributed by atoms with van der Waals surface area (Å²) in [4.78, 5) is 38.6. The lowest BCUT2D eigenvalue weighted by atomic mass is 9.92. The summed E-state index contributed by atoms with van der Waals surface area (Å²) in [7, 11) is 0. The number of fused-ring (bicyclic) bond motifs is 2. The van der Waals surface area contributed by atoms with Crippen LogP contribution in [0.4, 0.5) is 23.7 Å². The number of amides is 4. The van der Waals surface area contributed by atoms with Gasteiger partial charge in [0.15, 0.2) is 0 Å². The lowest BCUT2D eigenvalue weighted by Crippen LogP contribution is -2.43. The van der Waals surface area contributed by atoms with Crippen molar-refractivity contribution in [2.45, 2.75) is 24.6 Å². The summed E-state index contributed by atoms with van der Waals surface area (Å²) in [6.45, 7) is -0.626. The number of hydrogen-bond donors (Lipinski definition) is 2. The molecule has 1 aliphatic heterocycles. The minimum atomic E-state index is -4.69. The standard InChI is InChI=1S/C20H15ClF3N3O3/c21-15-6-5-12(9-14(15)20(22,23)24)25-16(28)10-27-17(29)19(26-18(27)30)8-7-11-3-1-2-4-13(11)19/h1-6,9H,7-8,10H2,(H,25,28)(H,26,30)/t19-/m0/s1. The normalized spacial score (nSPS) is 20.5. The second-order valence-corrected chi connectivity index (χ2v) is 7.53. The molecule has 1 fully saturated rings. The van der Waals surface area contributed by atoms with E-state index in [1.165, 1.54) is 6.07 Å². The number of anilines is 1. The maximum absolute atomic E-state index is 13.0. The zero-order valence-electron chi connectivity index (χ0n) is 15.3. The third kappa shape index (κ3) is 3.28. The molecule has 1 heterocycles. The first-order chi connectivity index (χ1) is 14.1. The van der Waals surface area contributed by atoms with Gasteiger partial charge >= 0.3 is 12.2 Å². The zero-order chi connectivity index (χ0) is 21.7. The molecule has 2 aromatic carbocycles. The summed E-state index contributed by atoms with van der Waals surface area (Å²) >= 11 is 5.57. The molecule has 1 aliphatic carbocycles. The van der Waals surface area contributed by atoms with E-state index in [-0.39, 0.29) is 5.69 Å². The Labute approximate surface area is 174 Å². The van der Waals surface area contributed by atoms with Crippen LogP contribution >= 0.6 is 11.6 Å². The number of carbonyl (C=O) groups excluding carboxylic acids is 3. The van der Waals surface area contributed by atoms with Crippen molar-refractivity contribution in [1.82, 2.24) is 10.2 Å². The smallest absolute Gasteiger partial charge is 0.325 e. The van der Waals surface area contributed by atoms with E-state index < -0.39 is 46.7 Å². The third-order valence-electron chi connectivity index (χ3n) is 5.28. The molecule has 4 amide bonds. The number of carbonyl (C=O) groups is 3. The quantitative estimate of drug-likeness (QED) is 0.719. The lowest BCUT2D eigenvalue weighted by molar-refractivity contribution is -0.137. The number of imide groups is 1. The number of nitrogens with zero attached hydrogens (tertiary/aromatic N) is 1. The van der Waals surface area contributed by atoms with Gasteiger partial charge in [0.05, 0.1) is 10.6 Å². The highest BCUT2D eigenvalue weighted by Crippen LogP contribution is 2.41. The molecule has 6 nitrogen and oxygen atoms in total. The van der Waals surface area contributed by atoms with Crippen molar-refractivity contribution in [3.05, 3.63) is 64.2 Å². The maximum atomic E-state index is 13.0. The predicted molar refractivity (Wildman–Crippen MR) is 102 cm³/mol. The monoisotopic (exact) mass is 437 g/mol. The van der Waals surface area contributed by atoms with E-state index in [0.717, 1.165) is 16.5 Å². The molecule has 30 heavy (non-hydrogen) atoms. The molecule has 0 radical (unpaired) electrons. The summed E-state index contributed by atoms with van der Waals surface area (Å²) < 4.78 is 39.0. The molecular formula is C20H15ClF3N3O3. The van der Waals surface area contributed by atoms with Crippen molar-refractivity contribution in [3.8, 4) is 0 Å². The Bertz CT molecular complexity index is 1070. The van der Waals surface area contributed by atoms with Gasteiger partial charge in [-0.2, -0.15) is 13.2 Å². The number of aryl methyl sites for hydroxylation is 1. The molecule has 2 N–H and O–H groups in total. The van der Waals surface area contributed by atoms with E-state index in [0.29, 0.717) is 24.5 Å². The Morgan fingerprint density at radius 3 is 2.67 bits per heavy atom. The van der Waals surface area contributed by atoms with Crippen LogP contribution < -0.4 is 10.6 Å². The first-order valence-corrected chi connectivity index (χ1v) is 9.39. The van der Waals surface area contributed by atoms with E-state index in [9.17, 15) is 27.6 Å². The molecule has 4 rings (SSSR count). The van der Waals surface area contributed by atoms with Gasteiger partial charge in [0.2, 0.25) is 5.91 Å². The van der Waals surface area contributed by atoms with Gasteiger partial charge in [-0.1, -0.05) is 35.9 Å². The molecular weight excluding hydrogens is 423 g/mol. The average Bonchev–Trinajstić information content (AvgIpc) is 3.16. The Balaban J connectivity index is 1.51. The number of halogens is 4. The number of urea groups is 1. The minimum Gasteiger partial charge on any atom is -0.325 e. The van der Waals surface area contributed by atoms with E-state index in [4.69, 9.17) is 11.6 Å². The second kappa shape index (κ2) is 7.02. The van der Waals surface area contributed by atoms with Crippen LogP contribution in [-0.2, 0) is 27.7 Å². The fourth-order valence-corrected chi connectivity index (χ4v) is 4.12. The van der Waals surface area contributed by atoms with Crippen molar-refractivity contribution in [3.63, 3.8) is 0 Å². The Hall–Kier alpha value is -3.07. The summed E-state index contributed by atoms with van der Waals surface area (Å²) in [6.07, 6.45) is -3.71. The number of rotatable bonds is 3. The predicted octanol–water partition coefficient (Wildman–Crippen LogP) is 3.69. The van der Waals surface area contributed by atoms with Gasteiger partial charge in [-0.05, 0) is 42.2 Å². The van der Waals surface area contributed by atoms with Crippen LogP contribution in [0.3, 0.4) is 0 Å². The number of alkyl halides is 3. The molecule has 2 aliphatic rings. The Morgan fingerprint density at radius 2 is 1.93 bits per heavy atom. The average molecular weight is 438 g/mol. The topological polar surface area (TPSA) is 78.5 Å². The van der Waals surface area contributed by atoms with Crippen LogP contribution in [0.25, 0.3) is 0 Å². The summed E-state index contributed by atoms with van der Waals surface area (Å²) in [5.74, 6) is -1.36. The molecule has 1 spiro atoms. The summed E-state index contributed by atoms with van der Waals surface area (Å²) in [6, 6.07) is 9.42. The van der Waals surface area contributed by atoms with Crippen LogP contribution in [0.2, 0.25) is 5.02 Å². The van der Waals surface area contributed by atoms with E-state index in [1.54, 1.807) is 12.1 Å². The number of nitrogens with one attached hydrogen (secondary N) is 2. The van der Waals surface area contributed by atoms with Gasteiger partial charge < -0.3 is 10.6 Å². The molecule has 0 unspecified atom stereocenters. The van der Waals surface area contributed by atoms with Crippen LogP contribution in [0.1, 0.15) is 23.1 Å². The van der Waals surface area contributed by atoms with E-state index >= 15 is 0 Å². The SMILES string of the molecule is O=C(CN1C(=O)N[C@]2(CCc3ccccc32)C1=O)Nc1ccc(Cl)c(C(F)(F)F)c1. The molecule has 1 atom stereocenters. The lowest BCUT2D eigenvalue weighted by Gasteiger charge is -2.22. The highest BCUT2D eigenvalue weighted by atomic mass is 35.5. The van der Waals surface area contributed by atoms with Crippen molar-refractivity contribution < 1.29 is 27.6 Å². The van der Waals surface area contributed by atoms with Crippen LogP contribution in [0, 0.1) is 0 Å². The molecule has 1 saturated heterocycles. The van der Waals surface area contributed by atoms with Gasteiger partial charge in [-0.15, -0.1) is 0 Å². The Kier molecular flexibility index (Phi) is 4.73. The molecule has 0 bridgehead atoms. The molecule has 0 saturated carbocycles. The van der Waals surface area contributed by atoms with Crippen LogP contribution in [0.15, 0.2) is 42.5 Å². The van der Waals surface area contributed by atoms with Crippen molar-refractivity contribution in [2.75, 3.05) is 11.9 Å². The third-order valence-corrected chi connectivity index (χ3v) is 5.61. The molecule has 156 valence electrons. The van der Waals surface area contributed by atoms with Crippen molar-refractivity contribution >= 4 is 35.1 Å². The largest absolute Gasteiger partial charge is 0.417 e. The van der Waals surface area contributed by atoms with Gasteiger partial charge in [0.1, 0.15) is 12.1 Å². The number of benzene rings is 2. The van der Waals surface area contributed by atoms with Gasteiger partial charge in [-0.25, -0.2) is 4.79 Å². The highest BCUT2D eigenvalue weighted by molar-refractivity contribution is 6.31. The highest BCUT2D eigenvalue weighted by Gasteiger charge is 2.55.